The van der Waals surface area contributed by atoms with Crippen LogP contribution in [0.1, 0.15) is 0 Å². The molecule has 8 aromatic rings. The van der Waals surface area contributed by atoms with Crippen LogP contribution in [0.3, 0.4) is 0 Å². The first kappa shape index (κ1) is 22.7. The van der Waals surface area contributed by atoms with Crippen molar-refractivity contribution >= 4 is 53.7 Å². The van der Waals surface area contributed by atoms with Crippen LogP contribution in [0.4, 0.5) is 0 Å². The minimum absolute atomic E-state index is 0.338. The van der Waals surface area contributed by atoms with Gasteiger partial charge in [-0.05, 0) is 70.8 Å². The molecule has 0 aliphatic carbocycles. The highest BCUT2D eigenvalue weighted by Gasteiger charge is 2.33. The van der Waals surface area contributed by atoms with E-state index >= 15 is 0 Å². The Bertz CT molecular complexity index is 2330. The first-order chi connectivity index (χ1) is 20.1. The summed E-state index contributed by atoms with van der Waals surface area (Å²) in [7, 11) is -3.63. The Balaban J connectivity index is 1.28. The third-order valence-electron chi connectivity index (χ3n) is 8.26. The number of rotatable bonds is 2. The molecule has 0 saturated carbocycles. The number of sulfone groups is 1. The molecule has 194 valence electrons. The van der Waals surface area contributed by atoms with Crippen molar-refractivity contribution in [3.05, 3.63) is 121 Å². The van der Waals surface area contributed by atoms with Crippen LogP contribution in [0.5, 0.6) is 0 Å². The topological polar surface area (TPSA) is 60.4 Å². The smallest absolute Gasteiger partial charge is 0.207 e. The molecule has 9 rings (SSSR count). The zero-order valence-corrected chi connectivity index (χ0v) is 22.4. The molecule has 5 heteroatoms. The van der Waals surface area contributed by atoms with E-state index in [4.69, 9.17) is 8.83 Å². The van der Waals surface area contributed by atoms with E-state index in [1.54, 1.807) is 12.1 Å². The van der Waals surface area contributed by atoms with Crippen LogP contribution in [-0.4, -0.2) is 8.42 Å². The monoisotopic (exact) mass is 548 g/mol. The Morgan fingerprint density at radius 3 is 1.34 bits per heavy atom. The number of furan rings is 2. The maximum Gasteiger partial charge on any atom is 0.207 e. The lowest BCUT2D eigenvalue weighted by Crippen LogP contribution is -1.96. The molecule has 0 spiro atoms. The molecule has 0 fully saturated rings. The number of hydrogen-bond acceptors (Lipinski definition) is 4. The summed E-state index contributed by atoms with van der Waals surface area (Å²) in [5, 5.41) is 4.12. The predicted octanol–water partition coefficient (Wildman–Crippen LogP) is 9.63. The molecule has 3 heterocycles. The van der Waals surface area contributed by atoms with E-state index in [9.17, 15) is 8.42 Å². The lowest BCUT2D eigenvalue weighted by Gasteiger charge is -2.09. The van der Waals surface area contributed by atoms with E-state index < -0.39 is 9.84 Å². The average molecular weight is 549 g/mol. The molecule has 41 heavy (non-hydrogen) atoms. The van der Waals surface area contributed by atoms with Gasteiger partial charge in [-0.3, -0.25) is 0 Å². The summed E-state index contributed by atoms with van der Waals surface area (Å²) in [6.45, 7) is 0. The maximum atomic E-state index is 13.6. The average Bonchev–Trinajstić information content (AvgIpc) is 3.65. The van der Waals surface area contributed by atoms with Crippen LogP contribution >= 0.6 is 0 Å². The van der Waals surface area contributed by atoms with Crippen molar-refractivity contribution in [2.75, 3.05) is 0 Å². The molecular weight excluding hydrogens is 528 g/mol. The van der Waals surface area contributed by atoms with Gasteiger partial charge in [-0.25, -0.2) is 8.42 Å². The van der Waals surface area contributed by atoms with E-state index in [1.165, 1.54) is 0 Å². The number of benzene rings is 6. The van der Waals surface area contributed by atoms with Crippen LogP contribution in [0.2, 0.25) is 0 Å². The predicted molar refractivity (Wildman–Crippen MR) is 163 cm³/mol. The van der Waals surface area contributed by atoms with Crippen molar-refractivity contribution in [1.29, 1.82) is 0 Å². The summed E-state index contributed by atoms with van der Waals surface area (Å²) in [5.41, 5.74) is 8.60. The summed E-state index contributed by atoms with van der Waals surface area (Å²) in [5.74, 6) is 0. The first-order valence-corrected chi connectivity index (χ1v) is 14.9. The van der Waals surface area contributed by atoms with Crippen LogP contribution < -0.4 is 0 Å². The summed E-state index contributed by atoms with van der Waals surface area (Å²) in [6.07, 6.45) is 0. The lowest BCUT2D eigenvalue weighted by atomic mass is 9.93. The van der Waals surface area contributed by atoms with Crippen LogP contribution in [-0.2, 0) is 9.84 Å². The third-order valence-corrected chi connectivity index (χ3v) is 10.1. The Morgan fingerprint density at radius 1 is 0.415 bits per heavy atom. The highest BCUT2D eigenvalue weighted by atomic mass is 32.2. The van der Waals surface area contributed by atoms with Crippen molar-refractivity contribution in [2.45, 2.75) is 9.79 Å². The largest absolute Gasteiger partial charge is 0.456 e. The Kier molecular flexibility index (Phi) is 4.40. The Hall–Kier alpha value is -5.13. The molecule has 2 aromatic heterocycles. The van der Waals surface area contributed by atoms with E-state index in [-0.39, 0.29) is 0 Å². The number of hydrogen-bond donors (Lipinski definition) is 0. The van der Waals surface area contributed by atoms with Crippen molar-refractivity contribution in [2.24, 2.45) is 0 Å². The quantitative estimate of drug-likeness (QED) is 0.216. The molecule has 4 nitrogen and oxygen atoms in total. The molecule has 1 aliphatic heterocycles. The fourth-order valence-corrected chi connectivity index (χ4v) is 8.08. The summed E-state index contributed by atoms with van der Waals surface area (Å²) < 4.78 is 39.5. The number of para-hydroxylation sites is 2. The van der Waals surface area contributed by atoms with Crippen molar-refractivity contribution in [3.63, 3.8) is 0 Å². The van der Waals surface area contributed by atoms with E-state index in [1.807, 2.05) is 84.9 Å². The van der Waals surface area contributed by atoms with Crippen molar-refractivity contribution < 1.29 is 17.3 Å². The summed E-state index contributed by atoms with van der Waals surface area (Å²) in [6, 6.07) is 39.3. The molecule has 0 radical (unpaired) electrons. The standard InChI is InChI=1S/C36H20O4S/c37-41(38)33-17-15-21(23-9-5-13-31-35(23)25-7-1-3-11-29(25)39-31)19-27(33)28-20-22(16-18-34(28)41)24-10-6-14-32-36(24)26-8-2-4-12-30(26)40-32/h1-20H. The molecule has 0 unspecified atom stereocenters. The highest BCUT2D eigenvalue weighted by molar-refractivity contribution is 7.92. The third kappa shape index (κ3) is 3.06. The molecule has 0 amide bonds. The fourth-order valence-electron chi connectivity index (χ4n) is 6.43. The van der Waals surface area contributed by atoms with Gasteiger partial charge in [-0.2, -0.15) is 0 Å². The van der Waals surface area contributed by atoms with E-state index in [0.717, 1.165) is 66.1 Å². The molecule has 0 N–H and O–H groups in total. The molecular formula is C36H20O4S. The lowest BCUT2D eigenvalue weighted by molar-refractivity contribution is 0.598. The van der Waals surface area contributed by atoms with Gasteiger partial charge in [-0.15, -0.1) is 0 Å². The number of fused-ring (bicyclic) bond motifs is 9. The second kappa shape index (κ2) is 7.96. The zero-order valence-electron chi connectivity index (χ0n) is 21.6. The van der Waals surface area contributed by atoms with Crippen LogP contribution in [0.15, 0.2) is 140 Å². The van der Waals surface area contributed by atoms with Gasteiger partial charge in [0.1, 0.15) is 22.3 Å². The molecule has 0 bridgehead atoms. The van der Waals surface area contributed by atoms with Crippen molar-refractivity contribution in [3.8, 4) is 33.4 Å². The van der Waals surface area contributed by atoms with Crippen molar-refractivity contribution in [1.82, 2.24) is 0 Å². The first-order valence-electron chi connectivity index (χ1n) is 13.4. The van der Waals surface area contributed by atoms with Crippen LogP contribution in [0.25, 0.3) is 77.3 Å². The van der Waals surface area contributed by atoms with E-state index in [0.29, 0.717) is 20.9 Å². The minimum atomic E-state index is -3.63. The van der Waals surface area contributed by atoms with Gasteiger partial charge in [0.15, 0.2) is 0 Å². The van der Waals surface area contributed by atoms with Crippen LogP contribution in [0, 0.1) is 0 Å². The van der Waals surface area contributed by atoms with Gasteiger partial charge in [0.05, 0.1) is 9.79 Å². The van der Waals surface area contributed by atoms with Gasteiger partial charge >= 0.3 is 0 Å². The van der Waals surface area contributed by atoms with Gasteiger partial charge in [0, 0.05) is 32.7 Å². The fraction of sp³-hybridized carbons (Fsp3) is 0. The summed E-state index contributed by atoms with van der Waals surface area (Å²) >= 11 is 0. The Labute approximate surface area is 235 Å². The second-order valence-corrected chi connectivity index (χ2v) is 12.4. The van der Waals surface area contributed by atoms with Gasteiger partial charge in [0.2, 0.25) is 9.84 Å². The maximum absolute atomic E-state index is 13.6. The zero-order chi connectivity index (χ0) is 27.3. The normalized spacial score (nSPS) is 13.8. The SMILES string of the molecule is O=S1(=O)c2ccc(-c3cccc4oc5ccccc5c34)cc2-c2cc(-c3cccc4oc5ccccc5c34)ccc21. The van der Waals surface area contributed by atoms with Gasteiger partial charge in [0.25, 0.3) is 0 Å². The minimum Gasteiger partial charge on any atom is -0.456 e. The molecule has 6 aromatic carbocycles. The summed E-state index contributed by atoms with van der Waals surface area (Å²) in [4.78, 5) is 0.675. The van der Waals surface area contributed by atoms with Gasteiger partial charge < -0.3 is 8.83 Å². The second-order valence-electron chi connectivity index (χ2n) is 10.5. The highest BCUT2D eigenvalue weighted by Crippen LogP contribution is 2.48. The van der Waals surface area contributed by atoms with Gasteiger partial charge in [-0.1, -0.05) is 72.8 Å². The van der Waals surface area contributed by atoms with E-state index in [2.05, 4.69) is 24.3 Å². The molecule has 0 atom stereocenters. The molecule has 1 aliphatic rings. The Morgan fingerprint density at radius 2 is 0.854 bits per heavy atom. The molecule has 0 saturated heterocycles.